The summed E-state index contributed by atoms with van der Waals surface area (Å²) in [5.74, 6) is -1.38. The first kappa shape index (κ1) is 38.7. The number of likely N-dealkylation sites (tertiary alicyclic amines) is 2. The van der Waals surface area contributed by atoms with Gasteiger partial charge in [0.05, 0.1) is 13.1 Å². The summed E-state index contributed by atoms with van der Waals surface area (Å²) in [5.41, 5.74) is 14.5. The Morgan fingerprint density at radius 3 is 1.33 bits per heavy atom. The van der Waals surface area contributed by atoms with Gasteiger partial charge in [0.2, 0.25) is 35.4 Å². The zero-order chi connectivity index (χ0) is 36.6. The van der Waals surface area contributed by atoms with E-state index in [1.807, 2.05) is 24.3 Å². The molecule has 6 amide bonds. The number of piperidine rings is 2. The van der Waals surface area contributed by atoms with Crippen LogP contribution in [0.1, 0.15) is 81.8 Å². The van der Waals surface area contributed by atoms with E-state index in [4.69, 9.17) is 11.5 Å². The van der Waals surface area contributed by atoms with Gasteiger partial charge in [0.1, 0.15) is 12.1 Å². The summed E-state index contributed by atoms with van der Waals surface area (Å²) in [6, 6.07) is 13.1. The van der Waals surface area contributed by atoms with E-state index < -0.39 is 12.1 Å². The molecule has 0 bridgehead atoms. The van der Waals surface area contributed by atoms with Gasteiger partial charge in [0.25, 0.3) is 0 Å². The molecule has 0 spiro atoms. The number of benzene rings is 2. The standard InChI is InChI=1S/C37H52N8O6/c38-28-16-12-26(13-17-28)22-40-34(48)24-44-20-6-8-30(36(44)50)42-32(46)10-4-2-1-3-5-11-33(47)43-31-9-7-21-45(37(31)51)25-35(49)41-23-27-14-18-29(39)19-15-27/h12-19,30-31H,1-11,20-25,38-39H2,(H,40,48)(H,41,49)(H,42,46)(H,43,47). The number of unbranched alkanes of at least 4 members (excludes halogenated alkanes) is 4. The molecule has 276 valence electrons. The molecule has 2 atom stereocenters. The van der Waals surface area contributed by atoms with E-state index in [9.17, 15) is 28.8 Å². The van der Waals surface area contributed by atoms with Gasteiger partial charge >= 0.3 is 0 Å². The number of rotatable bonds is 18. The van der Waals surface area contributed by atoms with E-state index in [1.54, 1.807) is 24.3 Å². The molecule has 2 aliphatic heterocycles. The third-order valence-corrected chi connectivity index (χ3v) is 9.15. The first-order valence-corrected chi connectivity index (χ1v) is 18.0. The Labute approximate surface area is 299 Å². The fraction of sp³-hybridized carbons (Fsp3) is 0.514. The molecular formula is C37H52N8O6. The fourth-order valence-electron chi connectivity index (χ4n) is 6.23. The Morgan fingerprint density at radius 2 is 0.941 bits per heavy atom. The SMILES string of the molecule is Nc1ccc(CNC(=O)CN2CCCC(NC(=O)CCCCCCCC(=O)NC3CCCN(CC(=O)NCc4ccc(N)cc4)C3=O)C2=O)cc1. The number of nitrogens with one attached hydrogen (secondary N) is 4. The highest BCUT2D eigenvalue weighted by atomic mass is 16.2. The summed E-state index contributed by atoms with van der Waals surface area (Å²) >= 11 is 0. The van der Waals surface area contributed by atoms with Crippen LogP contribution in [-0.2, 0) is 41.9 Å². The number of nitrogens with two attached hydrogens (primary N) is 2. The van der Waals surface area contributed by atoms with Crippen LogP contribution in [0.5, 0.6) is 0 Å². The van der Waals surface area contributed by atoms with Crippen molar-refractivity contribution in [1.82, 2.24) is 31.1 Å². The third kappa shape index (κ3) is 13.3. The lowest BCUT2D eigenvalue weighted by Crippen LogP contribution is -2.54. The quantitative estimate of drug-likeness (QED) is 0.0992. The molecule has 2 heterocycles. The number of nitrogens with zero attached hydrogens (tertiary/aromatic N) is 2. The molecule has 2 aliphatic rings. The van der Waals surface area contributed by atoms with E-state index in [0.717, 1.165) is 30.4 Å². The molecule has 4 rings (SSSR count). The van der Waals surface area contributed by atoms with Gasteiger partial charge in [-0.25, -0.2) is 0 Å². The van der Waals surface area contributed by atoms with Crippen molar-refractivity contribution >= 4 is 46.8 Å². The second kappa shape index (κ2) is 19.9. The third-order valence-electron chi connectivity index (χ3n) is 9.15. The molecule has 2 saturated heterocycles. The molecule has 0 saturated carbocycles. The highest BCUT2D eigenvalue weighted by Gasteiger charge is 2.32. The largest absolute Gasteiger partial charge is 0.399 e. The molecule has 2 aromatic rings. The smallest absolute Gasteiger partial charge is 0.245 e. The number of amides is 6. The molecule has 8 N–H and O–H groups in total. The summed E-state index contributed by atoms with van der Waals surface area (Å²) in [6.45, 7) is 1.51. The highest BCUT2D eigenvalue weighted by molar-refractivity contribution is 5.92. The number of nitrogen functional groups attached to an aromatic ring is 2. The summed E-state index contributed by atoms with van der Waals surface area (Å²) in [7, 11) is 0. The first-order chi connectivity index (χ1) is 24.6. The fourth-order valence-corrected chi connectivity index (χ4v) is 6.23. The molecule has 2 aromatic carbocycles. The normalized spacial score (nSPS) is 17.5. The minimum atomic E-state index is -0.629. The van der Waals surface area contributed by atoms with Crippen molar-refractivity contribution in [2.75, 3.05) is 37.6 Å². The topological polar surface area (TPSA) is 209 Å². The maximum atomic E-state index is 12.9. The predicted molar refractivity (Wildman–Crippen MR) is 193 cm³/mol. The van der Waals surface area contributed by atoms with Crippen molar-refractivity contribution in [3.05, 3.63) is 59.7 Å². The average Bonchev–Trinajstić information content (AvgIpc) is 3.11. The summed E-state index contributed by atoms with van der Waals surface area (Å²) in [4.78, 5) is 78.9. The minimum Gasteiger partial charge on any atom is -0.399 e. The Bertz CT molecular complexity index is 1390. The number of hydrogen-bond acceptors (Lipinski definition) is 8. The van der Waals surface area contributed by atoms with Crippen LogP contribution in [0.2, 0.25) is 0 Å². The van der Waals surface area contributed by atoms with E-state index in [1.165, 1.54) is 9.80 Å². The van der Waals surface area contributed by atoms with Crippen LogP contribution >= 0.6 is 0 Å². The van der Waals surface area contributed by atoms with Crippen molar-refractivity contribution in [2.24, 2.45) is 0 Å². The summed E-state index contributed by atoms with van der Waals surface area (Å²) < 4.78 is 0. The maximum absolute atomic E-state index is 12.9. The van der Waals surface area contributed by atoms with Crippen molar-refractivity contribution in [1.29, 1.82) is 0 Å². The zero-order valence-corrected chi connectivity index (χ0v) is 29.3. The van der Waals surface area contributed by atoms with Gasteiger partial charge in [-0.1, -0.05) is 43.5 Å². The highest BCUT2D eigenvalue weighted by Crippen LogP contribution is 2.15. The molecule has 2 fully saturated rings. The number of anilines is 2. The van der Waals surface area contributed by atoms with Gasteiger partial charge in [-0.15, -0.1) is 0 Å². The van der Waals surface area contributed by atoms with Crippen LogP contribution in [0.3, 0.4) is 0 Å². The van der Waals surface area contributed by atoms with Gasteiger partial charge in [-0.05, 0) is 73.9 Å². The van der Waals surface area contributed by atoms with Gasteiger partial charge in [-0.2, -0.15) is 0 Å². The van der Waals surface area contributed by atoms with Crippen molar-refractivity contribution < 1.29 is 28.8 Å². The second-order valence-corrected chi connectivity index (χ2v) is 13.3. The van der Waals surface area contributed by atoms with Crippen LogP contribution in [0.25, 0.3) is 0 Å². The Balaban J connectivity index is 1.03. The van der Waals surface area contributed by atoms with Gasteiger partial charge in [-0.3, -0.25) is 28.8 Å². The summed E-state index contributed by atoms with van der Waals surface area (Å²) in [6.07, 6.45) is 6.88. The van der Waals surface area contributed by atoms with E-state index in [0.29, 0.717) is 88.9 Å². The van der Waals surface area contributed by atoms with Crippen molar-refractivity contribution in [3.8, 4) is 0 Å². The van der Waals surface area contributed by atoms with Crippen LogP contribution < -0.4 is 32.7 Å². The number of carbonyl (C=O) groups excluding carboxylic acids is 6. The Morgan fingerprint density at radius 1 is 0.569 bits per heavy atom. The van der Waals surface area contributed by atoms with Crippen LogP contribution in [-0.4, -0.2) is 83.5 Å². The molecular weight excluding hydrogens is 652 g/mol. The second-order valence-electron chi connectivity index (χ2n) is 13.3. The van der Waals surface area contributed by atoms with E-state index >= 15 is 0 Å². The summed E-state index contributed by atoms with van der Waals surface area (Å²) in [5, 5.41) is 11.3. The average molecular weight is 705 g/mol. The van der Waals surface area contributed by atoms with Crippen LogP contribution in [0.4, 0.5) is 11.4 Å². The van der Waals surface area contributed by atoms with Gasteiger partial charge < -0.3 is 42.5 Å². The van der Waals surface area contributed by atoms with Crippen LogP contribution in [0.15, 0.2) is 48.5 Å². The molecule has 0 radical (unpaired) electrons. The maximum Gasteiger partial charge on any atom is 0.245 e. The lowest BCUT2D eigenvalue weighted by Gasteiger charge is -2.32. The zero-order valence-electron chi connectivity index (χ0n) is 29.3. The van der Waals surface area contributed by atoms with Gasteiger partial charge in [0, 0.05) is 50.4 Å². The molecule has 14 heteroatoms. The Hall–Kier alpha value is -5.14. The van der Waals surface area contributed by atoms with E-state index in [2.05, 4.69) is 21.3 Å². The number of carbonyl (C=O) groups is 6. The molecule has 2 unspecified atom stereocenters. The van der Waals surface area contributed by atoms with Crippen LogP contribution in [0, 0.1) is 0 Å². The van der Waals surface area contributed by atoms with Crippen molar-refractivity contribution in [2.45, 2.75) is 95.8 Å². The lowest BCUT2D eigenvalue weighted by molar-refractivity contribution is -0.141. The predicted octanol–water partition coefficient (Wildman–Crippen LogP) is 1.73. The molecule has 0 aliphatic carbocycles. The molecule has 14 nitrogen and oxygen atoms in total. The minimum absolute atomic E-state index is 0.0566. The first-order valence-electron chi connectivity index (χ1n) is 18.0. The number of hydrogen-bond donors (Lipinski definition) is 6. The molecule has 51 heavy (non-hydrogen) atoms. The van der Waals surface area contributed by atoms with E-state index in [-0.39, 0.29) is 48.5 Å². The lowest BCUT2D eigenvalue weighted by atomic mass is 10.0. The monoisotopic (exact) mass is 704 g/mol. The van der Waals surface area contributed by atoms with Gasteiger partial charge in [0.15, 0.2) is 0 Å². The molecule has 0 aromatic heterocycles. The Kier molecular flexibility index (Phi) is 15.1. The van der Waals surface area contributed by atoms with Crippen molar-refractivity contribution in [3.63, 3.8) is 0 Å².